The standard InChI is InChI=1S/C7H4N4O2/c8-3-5-9-4-11(10-5)6-1-2-7(12)13-6/h1-2,4,6H. The number of esters is 1. The molecule has 13 heavy (non-hydrogen) atoms. The minimum absolute atomic E-state index is 0.0522. The maximum atomic E-state index is 10.7. The summed E-state index contributed by atoms with van der Waals surface area (Å²) < 4.78 is 6.11. The van der Waals surface area contributed by atoms with Crippen molar-refractivity contribution >= 4 is 5.97 Å². The van der Waals surface area contributed by atoms with Gasteiger partial charge in [0.1, 0.15) is 12.4 Å². The molecule has 1 aliphatic rings. The van der Waals surface area contributed by atoms with Crippen LogP contribution in [0.25, 0.3) is 0 Å². The lowest BCUT2D eigenvalue weighted by Crippen LogP contribution is -2.09. The zero-order valence-corrected chi connectivity index (χ0v) is 6.41. The van der Waals surface area contributed by atoms with E-state index in [0.717, 1.165) is 0 Å². The first-order chi connectivity index (χ1) is 6.29. The van der Waals surface area contributed by atoms with Gasteiger partial charge in [0.15, 0.2) is 0 Å². The fraction of sp³-hybridized carbons (Fsp3) is 0.143. The molecule has 0 saturated heterocycles. The van der Waals surface area contributed by atoms with Crippen LogP contribution in [0, 0.1) is 11.3 Å². The average molecular weight is 176 g/mol. The van der Waals surface area contributed by atoms with Crippen molar-refractivity contribution in [1.29, 1.82) is 5.26 Å². The number of ether oxygens (including phenoxy) is 1. The van der Waals surface area contributed by atoms with E-state index in [9.17, 15) is 4.79 Å². The molecule has 1 unspecified atom stereocenters. The predicted molar refractivity (Wildman–Crippen MR) is 39.0 cm³/mol. The zero-order chi connectivity index (χ0) is 9.26. The van der Waals surface area contributed by atoms with Crippen molar-refractivity contribution < 1.29 is 9.53 Å². The molecule has 0 amide bonds. The molecule has 0 aromatic carbocycles. The Kier molecular flexibility index (Phi) is 1.56. The van der Waals surface area contributed by atoms with E-state index in [-0.39, 0.29) is 5.82 Å². The van der Waals surface area contributed by atoms with Crippen LogP contribution in [0.3, 0.4) is 0 Å². The van der Waals surface area contributed by atoms with Gasteiger partial charge < -0.3 is 4.74 Å². The normalized spacial score (nSPS) is 19.9. The molecule has 0 spiro atoms. The van der Waals surface area contributed by atoms with Crippen molar-refractivity contribution in [3.63, 3.8) is 0 Å². The lowest BCUT2D eigenvalue weighted by molar-refractivity contribution is -0.142. The predicted octanol–water partition coefficient (Wildman–Crippen LogP) is -0.239. The molecule has 1 aliphatic heterocycles. The zero-order valence-electron chi connectivity index (χ0n) is 6.41. The van der Waals surface area contributed by atoms with Crippen LogP contribution in [-0.2, 0) is 9.53 Å². The molecule has 0 fully saturated rings. The number of rotatable bonds is 1. The van der Waals surface area contributed by atoms with Crippen LogP contribution in [0.4, 0.5) is 0 Å². The summed E-state index contributed by atoms with van der Waals surface area (Å²) in [6.07, 6.45) is 3.62. The SMILES string of the molecule is N#Cc1ncn(C2C=CC(=O)O2)n1. The Labute approximate surface area is 73.1 Å². The van der Waals surface area contributed by atoms with Crippen molar-refractivity contribution in [3.8, 4) is 6.07 Å². The molecule has 1 aromatic heterocycles. The lowest BCUT2D eigenvalue weighted by Gasteiger charge is -2.05. The lowest BCUT2D eigenvalue weighted by atomic mass is 10.5. The number of cyclic esters (lactones) is 1. The molecule has 2 rings (SSSR count). The second-order valence-electron chi connectivity index (χ2n) is 2.35. The molecular formula is C7H4N4O2. The highest BCUT2D eigenvalue weighted by atomic mass is 16.6. The minimum Gasteiger partial charge on any atom is -0.433 e. The van der Waals surface area contributed by atoms with Gasteiger partial charge in [0.05, 0.1) is 0 Å². The van der Waals surface area contributed by atoms with Crippen molar-refractivity contribution in [2.75, 3.05) is 0 Å². The maximum absolute atomic E-state index is 10.7. The van der Waals surface area contributed by atoms with E-state index in [0.29, 0.717) is 0 Å². The van der Waals surface area contributed by atoms with Crippen LogP contribution < -0.4 is 0 Å². The summed E-state index contributed by atoms with van der Waals surface area (Å²) in [6.45, 7) is 0. The Morgan fingerprint density at radius 2 is 2.54 bits per heavy atom. The molecule has 0 radical (unpaired) electrons. The quantitative estimate of drug-likeness (QED) is 0.551. The first-order valence-corrected chi connectivity index (χ1v) is 3.49. The minimum atomic E-state index is -0.568. The Morgan fingerprint density at radius 3 is 3.08 bits per heavy atom. The molecule has 1 atom stereocenters. The topological polar surface area (TPSA) is 80.8 Å². The van der Waals surface area contributed by atoms with E-state index in [2.05, 4.69) is 10.1 Å². The van der Waals surface area contributed by atoms with Gasteiger partial charge in [-0.2, -0.15) is 5.26 Å². The molecule has 0 saturated carbocycles. The van der Waals surface area contributed by atoms with E-state index >= 15 is 0 Å². The van der Waals surface area contributed by atoms with Crippen LogP contribution in [-0.4, -0.2) is 20.7 Å². The fourth-order valence-corrected chi connectivity index (χ4v) is 0.949. The second-order valence-corrected chi connectivity index (χ2v) is 2.35. The van der Waals surface area contributed by atoms with Gasteiger partial charge in [0, 0.05) is 6.08 Å². The highest BCUT2D eigenvalue weighted by molar-refractivity contribution is 5.84. The van der Waals surface area contributed by atoms with Crippen molar-refractivity contribution in [2.24, 2.45) is 0 Å². The number of carbonyl (C=O) groups is 1. The Hall–Kier alpha value is -2.16. The molecule has 0 bridgehead atoms. The van der Waals surface area contributed by atoms with E-state index in [1.54, 1.807) is 6.07 Å². The fourth-order valence-electron chi connectivity index (χ4n) is 0.949. The average Bonchev–Trinajstić information content (AvgIpc) is 2.71. The van der Waals surface area contributed by atoms with Gasteiger partial charge >= 0.3 is 5.97 Å². The van der Waals surface area contributed by atoms with Gasteiger partial charge in [-0.25, -0.2) is 14.5 Å². The number of nitrogens with zero attached hydrogens (tertiary/aromatic N) is 4. The summed E-state index contributed by atoms with van der Waals surface area (Å²) in [5.41, 5.74) is 0. The summed E-state index contributed by atoms with van der Waals surface area (Å²) in [5.74, 6) is -0.365. The second kappa shape index (κ2) is 2.71. The van der Waals surface area contributed by atoms with Crippen LogP contribution in [0.5, 0.6) is 0 Å². The van der Waals surface area contributed by atoms with E-state index < -0.39 is 12.2 Å². The third-order valence-electron chi connectivity index (χ3n) is 1.50. The van der Waals surface area contributed by atoms with Gasteiger partial charge in [0.25, 0.3) is 5.82 Å². The summed E-state index contributed by atoms with van der Waals surface area (Å²) in [6, 6.07) is 1.77. The number of hydrogen-bond acceptors (Lipinski definition) is 5. The summed E-state index contributed by atoms with van der Waals surface area (Å²) in [4.78, 5) is 14.3. The Balaban J connectivity index is 2.23. The van der Waals surface area contributed by atoms with Crippen molar-refractivity contribution in [3.05, 3.63) is 24.3 Å². The first-order valence-electron chi connectivity index (χ1n) is 3.49. The monoisotopic (exact) mass is 176 g/mol. The van der Waals surface area contributed by atoms with Crippen molar-refractivity contribution in [1.82, 2.24) is 14.8 Å². The Bertz CT molecular complexity index is 414. The number of aromatic nitrogens is 3. The van der Waals surface area contributed by atoms with E-state index in [4.69, 9.17) is 10.00 Å². The summed E-state index contributed by atoms with van der Waals surface area (Å²) in [5, 5.41) is 12.2. The van der Waals surface area contributed by atoms with Crippen LogP contribution in [0.1, 0.15) is 12.1 Å². The summed E-state index contributed by atoms with van der Waals surface area (Å²) >= 11 is 0. The third-order valence-corrected chi connectivity index (χ3v) is 1.50. The van der Waals surface area contributed by atoms with Crippen LogP contribution in [0.2, 0.25) is 0 Å². The van der Waals surface area contributed by atoms with Gasteiger partial charge in [-0.1, -0.05) is 0 Å². The molecule has 6 nitrogen and oxygen atoms in total. The van der Waals surface area contributed by atoms with Gasteiger partial charge in [-0.3, -0.25) is 0 Å². The first kappa shape index (κ1) is 7.49. The number of carbonyl (C=O) groups excluding carboxylic acids is 1. The van der Waals surface area contributed by atoms with Gasteiger partial charge in [-0.05, 0) is 6.08 Å². The molecule has 6 heteroatoms. The van der Waals surface area contributed by atoms with Crippen LogP contribution in [0.15, 0.2) is 18.5 Å². The third kappa shape index (κ3) is 1.27. The van der Waals surface area contributed by atoms with Crippen molar-refractivity contribution in [2.45, 2.75) is 6.23 Å². The summed E-state index contributed by atoms with van der Waals surface area (Å²) in [7, 11) is 0. The van der Waals surface area contributed by atoms with E-state index in [1.165, 1.54) is 23.2 Å². The maximum Gasteiger partial charge on any atom is 0.332 e. The van der Waals surface area contributed by atoms with Gasteiger partial charge in [-0.15, -0.1) is 5.10 Å². The highest BCUT2D eigenvalue weighted by Crippen LogP contribution is 2.14. The number of hydrogen-bond donors (Lipinski definition) is 0. The Morgan fingerprint density at radius 1 is 1.69 bits per heavy atom. The molecule has 2 heterocycles. The van der Waals surface area contributed by atoms with E-state index in [1.807, 2.05) is 0 Å². The molecular weight excluding hydrogens is 172 g/mol. The largest absolute Gasteiger partial charge is 0.433 e. The smallest absolute Gasteiger partial charge is 0.332 e. The molecule has 0 aliphatic carbocycles. The molecule has 64 valence electrons. The molecule has 1 aromatic rings. The number of nitriles is 1. The van der Waals surface area contributed by atoms with Crippen LogP contribution >= 0.6 is 0 Å². The van der Waals surface area contributed by atoms with Gasteiger partial charge in [0.2, 0.25) is 6.23 Å². The molecule has 0 N–H and O–H groups in total. The highest BCUT2D eigenvalue weighted by Gasteiger charge is 2.19.